The topological polar surface area (TPSA) is 88.2 Å². The molecule has 10 heteroatoms. The van der Waals surface area contributed by atoms with Crippen LogP contribution in [0.4, 0.5) is 4.39 Å². The van der Waals surface area contributed by atoms with E-state index in [2.05, 4.69) is 15.0 Å². The van der Waals surface area contributed by atoms with Gasteiger partial charge in [-0.2, -0.15) is 0 Å². The monoisotopic (exact) mass is 416 g/mol. The zero-order chi connectivity index (χ0) is 19.6. The van der Waals surface area contributed by atoms with Crippen LogP contribution in [0.2, 0.25) is 5.15 Å². The van der Waals surface area contributed by atoms with Crippen molar-refractivity contribution < 1.29 is 17.5 Å². The fourth-order valence-corrected chi connectivity index (χ4v) is 5.11. The molecule has 0 aliphatic carbocycles. The van der Waals surface area contributed by atoms with E-state index in [4.69, 9.17) is 16.3 Å². The van der Waals surface area contributed by atoms with E-state index in [9.17, 15) is 12.8 Å². The van der Waals surface area contributed by atoms with Gasteiger partial charge in [0.25, 0.3) is 0 Å². The number of imidazole rings is 1. The molecule has 2 atom stereocenters. The van der Waals surface area contributed by atoms with E-state index in [1.165, 1.54) is 23.5 Å². The minimum Gasteiger partial charge on any atom is -0.384 e. The van der Waals surface area contributed by atoms with E-state index >= 15 is 0 Å². The number of ether oxygens (including phenoxy) is 1. The molecule has 1 fully saturated rings. The highest BCUT2D eigenvalue weighted by molar-refractivity contribution is 7.89. The normalized spacial score (nSPS) is 21.5. The number of nitrogens with zero attached hydrogens (tertiary/aromatic N) is 3. The lowest BCUT2D eigenvalue weighted by molar-refractivity contribution is 0.210. The lowest BCUT2D eigenvalue weighted by Crippen LogP contribution is -2.43. The van der Waals surface area contributed by atoms with Gasteiger partial charge in [0.15, 0.2) is 11.0 Å². The van der Waals surface area contributed by atoms with Gasteiger partial charge in [0.2, 0.25) is 10.0 Å². The van der Waals surface area contributed by atoms with Crippen LogP contribution in [0.15, 0.2) is 18.3 Å². The fraction of sp³-hybridized carbons (Fsp3) is 0.529. The highest BCUT2D eigenvalue weighted by Crippen LogP contribution is 2.37. The molecule has 0 aromatic carbocycles. The summed E-state index contributed by atoms with van der Waals surface area (Å²) in [6.07, 6.45) is 1.75. The summed E-state index contributed by atoms with van der Waals surface area (Å²) >= 11 is 6.33. The quantitative estimate of drug-likeness (QED) is 0.782. The van der Waals surface area contributed by atoms with Gasteiger partial charge in [-0.25, -0.2) is 27.1 Å². The number of halogens is 2. The highest BCUT2D eigenvalue weighted by atomic mass is 35.5. The molecule has 3 heterocycles. The minimum absolute atomic E-state index is 0.0217. The van der Waals surface area contributed by atoms with Gasteiger partial charge in [0.1, 0.15) is 11.5 Å². The summed E-state index contributed by atoms with van der Waals surface area (Å²) in [6, 6.07) is 2.84. The number of hydrogen-bond acceptors (Lipinski definition) is 5. The third-order valence-corrected chi connectivity index (χ3v) is 6.92. The minimum atomic E-state index is -3.33. The summed E-state index contributed by atoms with van der Waals surface area (Å²) in [5.41, 5.74) is 1.26. The van der Waals surface area contributed by atoms with Gasteiger partial charge in [0.05, 0.1) is 24.3 Å². The Morgan fingerprint density at radius 2 is 2.22 bits per heavy atom. The van der Waals surface area contributed by atoms with Gasteiger partial charge < -0.3 is 9.72 Å². The molecule has 1 aliphatic rings. The Kier molecular flexibility index (Phi) is 6.15. The van der Waals surface area contributed by atoms with Crippen LogP contribution in [0.25, 0.3) is 11.5 Å². The first-order chi connectivity index (χ1) is 12.8. The third kappa shape index (κ3) is 4.48. The van der Waals surface area contributed by atoms with Crippen LogP contribution in [-0.2, 0) is 14.8 Å². The van der Waals surface area contributed by atoms with E-state index in [1.807, 2.05) is 6.92 Å². The Labute approximate surface area is 163 Å². The first-order valence-corrected chi connectivity index (χ1v) is 10.6. The van der Waals surface area contributed by atoms with Gasteiger partial charge in [-0.15, -0.1) is 0 Å². The van der Waals surface area contributed by atoms with Crippen LogP contribution in [0, 0.1) is 11.7 Å². The number of rotatable bonds is 6. The molecular weight excluding hydrogens is 395 g/mol. The molecule has 0 unspecified atom stereocenters. The molecule has 1 aliphatic heterocycles. The van der Waals surface area contributed by atoms with Gasteiger partial charge >= 0.3 is 0 Å². The van der Waals surface area contributed by atoms with Crippen LogP contribution < -0.4 is 0 Å². The van der Waals surface area contributed by atoms with Crippen LogP contribution >= 0.6 is 11.6 Å². The van der Waals surface area contributed by atoms with E-state index in [-0.39, 0.29) is 24.2 Å². The molecule has 0 spiro atoms. The smallest absolute Gasteiger partial charge is 0.216 e. The number of sulfonamides is 1. The first kappa shape index (κ1) is 20.2. The predicted molar refractivity (Wildman–Crippen MR) is 101 cm³/mol. The molecule has 1 N–H and O–H groups in total. The molecule has 2 aromatic rings. The number of H-pyrrole nitrogens is 1. The zero-order valence-corrected chi connectivity index (χ0v) is 16.7. The largest absolute Gasteiger partial charge is 0.384 e. The number of methoxy groups -OCH3 is 1. The number of nitrogens with one attached hydrogen (secondary N) is 1. The fourth-order valence-electron chi connectivity index (χ4n) is 3.35. The van der Waals surface area contributed by atoms with Crippen LogP contribution in [0.3, 0.4) is 0 Å². The van der Waals surface area contributed by atoms with Crippen molar-refractivity contribution in [2.45, 2.75) is 19.3 Å². The zero-order valence-electron chi connectivity index (χ0n) is 15.2. The molecule has 0 saturated carbocycles. The lowest BCUT2D eigenvalue weighted by Gasteiger charge is -2.35. The Morgan fingerprint density at radius 3 is 2.85 bits per heavy atom. The molecule has 0 bridgehead atoms. The van der Waals surface area contributed by atoms with Crippen LogP contribution in [0.1, 0.15) is 25.0 Å². The van der Waals surface area contributed by atoms with E-state index in [0.29, 0.717) is 36.2 Å². The van der Waals surface area contributed by atoms with Crippen molar-refractivity contribution in [3.05, 3.63) is 35.0 Å². The average molecular weight is 417 g/mol. The molecule has 7 nitrogen and oxygen atoms in total. The third-order valence-electron chi connectivity index (χ3n) is 4.83. The average Bonchev–Trinajstić information content (AvgIpc) is 3.02. The van der Waals surface area contributed by atoms with Crippen LogP contribution in [-0.4, -0.2) is 60.2 Å². The van der Waals surface area contributed by atoms with Gasteiger partial charge in [-0.05, 0) is 24.5 Å². The maximum absolute atomic E-state index is 13.1. The number of pyridine rings is 1. The Bertz CT molecular complexity index is 888. The number of hydrogen-bond donors (Lipinski definition) is 1. The molecular formula is C17H22ClFN4O3S. The molecule has 0 amide bonds. The number of aromatic nitrogens is 3. The predicted octanol–water partition coefficient (Wildman–Crippen LogP) is 2.67. The van der Waals surface area contributed by atoms with E-state index in [0.717, 1.165) is 11.9 Å². The summed E-state index contributed by atoms with van der Waals surface area (Å²) in [4.78, 5) is 11.5. The lowest BCUT2D eigenvalue weighted by atomic mass is 9.86. The summed E-state index contributed by atoms with van der Waals surface area (Å²) in [7, 11) is -1.85. The summed E-state index contributed by atoms with van der Waals surface area (Å²) in [5.74, 6) is 0.132. The second-order valence-electron chi connectivity index (χ2n) is 6.69. The van der Waals surface area contributed by atoms with Crippen molar-refractivity contribution in [2.75, 3.05) is 32.6 Å². The number of piperidine rings is 1. The van der Waals surface area contributed by atoms with Crippen molar-refractivity contribution in [3.63, 3.8) is 0 Å². The van der Waals surface area contributed by atoms with Gasteiger partial charge in [-0.1, -0.05) is 18.5 Å². The molecule has 0 radical (unpaired) electrons. The summed E-state index contributed by atoms with van der Waals surface area (Å²) < 4.78 is 44.2. The van der Waals surface area contributed by atoms with Crippen molar-refractivity contribution in [2.24, 2.45) is 5.92 Å². The summed E-state index contributed by atoms with van der Waals surface area (Å²) in [6.45, 7) is 3.00. The Hall–Kier alpha value is -1.55. The summed E-state index contributed by atoms with van der Waals surface area (Å²) in [5, 5.41) is 0.337. The Balaban J connectivity index is 1.76. The molecule has 27 heavy (non-hydrogen) atoms. The van der Waals surface area contributed by atoms with Crippen molar-refractivity contribution >= 4 is 21.6 Å². The second-order valence-corrected chi connectivity index (χ2v) is 9.14. The van der Waals surface area contributed by atoms with Gasteiger partial charge in [-0.3, -0.25) is 0 Å². The van der Waals surface area contributed by atoms with Crippen LogP contribution in [0.5, 0.6) is 0 Å². The Morgan fingerprint density at radius 1 is 1.44 bits per heavy atom. The molecule has 1 saturated heterocycles. The van der Waals surface area contributed by atoms with Crippen molar-refractivity contribution in [1.82, 2.24) is 19.3 Å². The molecule has 3 rings (SSSR count). The maximum Gasteiger partial charge on any atom is 0.216 e. The van der Waals surface area contributed by atoms with Gasteiger partial charge in [0, 0.05) is 26.1 Å². The second kappa shape index (κ2) is 8.22. The van der Waals surface area contributed by atoms with E-state index < -0.39 is 15.8 Å². The van der Waals surface area contributed by atoms with Crippen molar-refractivity contribution in [3.8, 4) is 11.5 Å². The standard InChI is InChI=1S/C17H22ClFN4O3S/c1-11-10-23(27(24,25)8-7-26-2)6-5-13(11)15-16(18)22-17(21-15)14-4-3-12(19)9-20-14/h3-4,9,11,13H,5-8,10H2,1-2H3,(H,21,22)/t11-,13+/m0/s1. The highest BCUT2D eigenvalue weighted by Gasteiger charge is 2.35. The SMILES string of the molecule is COCCS(=O)(=O)N1CC[C@@H](c2[nH]c(-c3ccc(F)cn3)nc2Cl)[C@@H](C)C1. The maximum atomic E-state index is 13.1. The molecule has 2 aromatic heterocycles. The van der Waals surface area contributed by atoms with Crippen molar-refractivity contribution in [1.29, 1.82) is 0 Å². The first-order valence-electron chi connectivity index (χ1n) is 8.66. The molecule has 148 valence electrons. The number of aromatic amines is 1. The van der Waals surface area contributed by atoms with E-state index in [1.54, 1.807) is 0 Å².